The molecule has 0 aliphatic rings. The van der Waals surface area contributed by atoms with Gasteiger partial charge in [0.05, 0.1) is 12.2 Å². The Kier molecular flexibility index (Phi) is 4.89. The Hall–Kier alpha value is -1.96. The smallest absolute Gasteiger partial charge is 0.321 e. The van der Waals surface area contributed by atoms with Crippen molar-refractivity contribution in [1.82, 2.24) is 25.3 Å². The molecule has 2 N–H and O–H groups in total. The zero-order valence-corrected chi connectivity index (χ0v) is 13.4. The van der Waals surface area contributed by atoms with Gasteiger partial charge in [0.15, 0.2) is 0 Å². The molecule has 2 aromatic heterocycles. The minimum Gasteiger partial charge on any atom is -0.331 e. The van der Waals surface area contributed by atoms with Crippen LogP contribution in [0.5, 0.6) is 0 Å². The number of carbonyl (C=O) groups excluding carboxylic acids is 1. The van der Waals surface area contributed by atoms with Crippen LogP contribution in [0.3, 0.4) is 0 Å². The third-order valence-corrected chi connectivity index (χ3v) is 3.70. The molecule has 114 valence electrons. The summed E-state index contributed by atoms with van der Waals surface area (Å²) >= 11 is 1.41. The van der Waals surface area contributed by atoms with Crippen LogP contribution in [0, 0.1) is 5.92 Å². The lowest BCUT2D eigenvalue weighted by molar-refractivity contribution is 0.249. The van der Waals surface area contributed by atoms with Gasteiger partial charge in [-0.2, -0.15) is 5.10 Å². The van der Waals surface area contributed by atoms with E-state index in [1.807, 2.05) is 20.2 Å². The maximum atomic E-state index is 11.9. The van der Waals surface area contributed by atoms with Crippen molar-refractivity contribution >= 4 is 22.5 Å². The lowest BCUT2D eigenvalue weighted by Crippen LogP contribution is -2.30. The minimum atomic E-state index is -0.293. The van der Waals surface area contributed by atoms with E-state index >= 15 is 0 Å². The second-order valence-electron chi connectivity index (χ2n) is 5.37. The number of rotatable bonds is 5. The van der Waals surface area contributed by atoms with Crippen molar-refractivity contribution in [1.29, 1.82) is 0 Å². The van der Waals surface area contributed by atoms with Crippen molar-refractivity contribution < 1.29 is 4.79 Å². The molecule has 0 fully saturated rings. The molecule has 0 bridgehead atoms. The van der Waals surface area contributed by atoms with E-state index in [1.165, 1.54) is 11.3 Å². The number of amides is 2. The Labute approximate surface area is 127 Å². The molecule has 0 aromatic carbocycles. The van der Waals surface area contributed by atoms with Crippen molar-refractivity contribution in [3.63, 3.8) is 0 Å². The predicted octanol–water partition coefficient (Wildman–Crippen LogP) is 2.35. The molecule has 8 heteroatoms. The van der Waals surface area contributed by atoms with Gasteiger partial charge in [0.25, 0.3) is 0 Å². The number of nitrogens with one attached hydrogen (secondary N) is 2. The summed E-state index contributed by atoms with van der Waals surface area (Å²) in [4.78, 5) is 11.9. The van der Waals surface area contributed by atoms with Crippen molar-refractivity contribution in [3.05, 3.63) is 23.0 Å². The van der Waals surface area contributed by atoms with Gasteiger partial charge in [-0.15, -0.1) is 10.2 Å². The molecule has 1 unspecified atom stereocenters. The van der Waals surface area contributed by atoms with Crippen LogP contribution in [-0.4, -0.2) is 26.0 Å². The topological polar surface area (TPSA) is 84.7 Å². The lowest BCUT2D eigenvalue weighted by atomic mass is 10.1. The number of nitrogens with zero attached hydrogens (tertiary/aromatic N) is 4. The molecular weight excluding hydrogens is 288 g/mol. The fourth-order valence-electron chi connectivity index (χ4n) is 1.81. The summed E-state index contributed by atoms with van der Waals surface area (Å²) in [6.07, 6.45) is 4.47. The van der Waals surface area contributed by atoms with Crippen molar-refractivity contribution in [2.75, 3.05) is 5.32 Å². The predicted molar refractivity (Wildman–Crippen MR) is 82.2 cm³/mol. The van der Waals surface area contributed by atoms with Crippen LogP contribution >= 0.6 is 11.3 Å². The van der Waals surface area contributed by atoms with Crippen molar-refractivity contribution in [2.24, 2.45) is 13.0 Å². The molecule has 2 amide bonds. The molecule has 0 aliphatic heterocycles. The molecule has 2 aromatic rings. The van der Waals surface area contributed by atoms with Gasteiger partial charge in [-0.05, 0) is 12.8 Å². The maximum Gasteiger partial charge on any atom is 0.321 e. The van der Waals surface area contributed by atoms with Gasteiger partial charge in [0, 0.05) is 25.2 Å². The molecule has 7 nitrogen and oxygen atoms in total. The van der Waals surface area contributed by atoms with Gasteiger partial charge in [-0.1, -0.05) is 25.2 Å². The average molecular weight is 308 g/mol. The molecule has 0 saturated carbocycles. The van der Waals surface area contributed by atoms with E-state index in [4.69, 9.17) is 0 Å². The van der Waals surface area contributed by atoms with E-state index in [0.717, 1.165) is 17.0 Å². The number of hydrogen-bond acceptors (Lipinski definition) is 5. The van der Waals surface area contributed by atoms with Crippen LogP contribution in [-0.2, 0) is 13.5 Å². The lowest BCUT2D eigenvalue weighted by Gasteiger charge is -2.11. The third kappa shape index (κ3) is 4.52. The normalized spacial score (nSPS) is 12.4. The first-order valence-corrected chi connectivity index (χ1v) is 7.64. The highest BCUT2D eigenvalue weighted by Gasteiger charge is 2.13. The van der Waals surface area contributed by atoms with E-state index in [9.17, 15) is 4.79 Å². The monoisotopic (exact) mass is 308 g/mol. The Balaban J connectivity index is 1.88. The zero-order chi connectivity index (χ0) is 15.4. The molecule has 0 radical (unpaired) electrons. The number of hydrogen-bond donors (Lipinski definition) is 2. The number of aryl methyl sites for hydroxylation is 1. The van der Waals surface area contributed by atoms with Crippen LogP contribution in [0.2, 0.25) is 0 Å². The molecule has 21 heavy (non-hydrogen) atoms. The average Bonchev–Trinajstić information content (AvgIpc) is 2.98. The summed E-state index contributed by atoms with van der Waals surface area (Å²) in [5.41, 5.74) is 0.949. The van der Waals surface area contributed by atoms with Crippen LogP contribution in [0.1, 0.15) is 37.4 Å². The van der Waals surface area contributed by atoms with E-state index in [-0.39, 0.29) is 12.1 Å². The van der Waals surface area contributed by atoms with Crippen LogP contribution in [0.25, 0.3) is 0 Å². The van der Waals surface area contributed by atoms with Gasteiger partial charge in [-0.25, -0.2) is 4.79 Å². The Morgan fingerprint density at radius 1 is 1.38 bits per heavy atom. The fourth-order valence-corrected chi connectivity index (χ4v) is 2.76. The SMILES string of the molecule is CC(C)Cc1nnc(NC(=O)NC(C)c2cnn(C)c2)s1. The second-order valence-corrected chi connectivity index (χ2v) is 6.43. The second kappa shape index (κ2) is 6.66. The molecular formula is C13H20N6OS. The minimum absolute atomic E-state index is 0.123. The van der Waals surface area contributed by atoms with Gasteiger partial charge in [-0.3, -0.25) is 10.00 Å². The number of urea groups is 1. The number of anilines is 1. The Morgan fingerprint density at radius 3 is 2.76 bits per heavy atom. The molecule has 2 rings (SSSR count). The highest BCUT2D eigenvalue weighted by atomic mass is 32.1. The summed E-state index contributed by atoms with van der Waals surface area (Å²) in [6.45, 7) is 6.15. The Bertz CT molecular complexity index is 605. The first-order valence-electron chi connectivity index (χ1n) is 6.82. The van der Waals surface area contributed by atoms with E-state index in [2.05, 4.69) is 39.8 Å². The fraction of sp³-hybridized carbons (Fsp3) is 0.538. The molecule has 2 heterocycles. The maximum absolute atomic E-state index is 11.9. The summed E-state index contributed by atoms with van der Waals surface area (Å²) in [6, 6.07) is -0.416. The number of aromatic nitrogens is 4. The highest BCUT2D eigenvalue weighted by Crippen LogP contribution is 2.18. The molecule has 0 aliphatic carbocycles. The van der Waals surface area contributed by atoms with Gasteiger partial charge < -0.3 is 5.32 Å². The van der Waals surface area contributed by atoms with Crippen LogP contribution < -0.4 is 10.6 Å². The van der Waals surface area contributed by atoms with E-state index < -0.39 is 0 Å². The largest absolute Gasteiger partial charge is 0.331 e. The summed E-state index contributed by atoms with van der Waals surface area (Å²) in [5.74, 6) is 0.519. The Morgan fingerprint density at radius 2 is 2.14 bits per heavy atom. The summed E-state index contributed by atoms with van der Waals surface area (Å²) < 4.78 is 1.70. The first kappa shape index (κ1) is 15.4. The zero-order valence-electron chi connectivity index (χ0n) is 12.6. The van der Waals surface area contributed by atoms with Crippen LogP contribution in [0.15, 0.2) is 12.4 Å². The van der Waals surface area contributed by atoms with Crippen molar-refractivity contribution in [3.8, 4) is 0 Å². The van der Waals surface area contributed by atoms with Crippen LogP contribution in [0.4, 0.5) is 9.93 Å². The number of carbonyl (C=O) groups is 1. The molecule has 0 spiro atoms. The highest BCUT2D eigenvalue weighted by molar-refractivity contribution is 7.15. The molecule has 1 atom stereocenters. The van der Waals surface area contributed by atoms with Gasteiger partial charge in [0.2, 0.25) is 5.13 Å². The third-order valence-electron chi connectivity index (χ3n) is 2.84. The summed E-state index contributed by atoms with van der Waals surface area (Å²) in [7, 11) is 1.84. The van der Waals surface area contributed by atoms with E-state index in [1.54, 1.807) is 10.9 Å². The first-order chi connectivity index (χ1) is 9.94. The van der Waals surface area contributed by atoms with E-state index in [0.29, 0.717) is 11.0 Å². The standard InChI is InChI=1S/C13H20N6OS/c1-8(2)5-11-17-18-13(21-11)16-12(20)15-9(3)10-6-14-19(4)7-10/h6-9H,5H2,1-4H3,(H2,15,16,18,20). The van der Waals surface area contributed by atoms with Gasteiger partial charge in [0.1, 0.15) is 5.01 Å². The summed E-state index contributed by atoms with van der Waals surface area (Å²) in [5, 5.41) is 19.1. The van der Waals surface area contributed by atoms with Crippen molar-refractivity contribution in [2.45, 2.75) is 33.2 Å². The molecule has 0 saturated heterocycles. The van der Waals surface area contributed by atoms with Gasteiger partial charge >= 0.3 is 6.03 Å². The quantitative estimate of drug-likeness (QED) is 0.888.